The Hall–Kier alpha value is -4.62. The number of anilines is 3. The molecule has 1 nitrogen and oxygen atoms in total. The van der Waals surface area contributed by atoms with Crippen molar-refractivity contribution in [2.75, 3.05) is 4.90 Å². The van der Waals surface area contributed by atoms with Crippen molar-refractivity contribution in [2.24, 2.45) is 0 Å². The van der Waals surface area contributed by atoms with E-state index < -0.39 is 0 Å². The fraction of sp³-hybridized carbons (Fsp3) is 0.0732. The van der Waals surface area contributed by atoms with Crippen molar-refractivity contribution in [3.05, 3.63) is 151 Å². The Morgan fingerprint density at radius 3 is 1.98 bits per heavy atom. The van der Waals surface area contributed by atoms with Crippen molar-refractivity contribution < 1.29 is 0 Å². The molecule has 0 radical (unpaired) electrons. The summed E-state index contributed by atoms with van der Waals surface area (Å²) < 4.78 is 2.97. The van der Waals surface area contributed by atoms with Gasteiger partial charge in [-0.3, -0.25) is 0 Å². The molecule has 0 saturated heterocycles. The first-order chi connectivity index (χ1) is 21.1. The molecule has 0 N–H and O–H groups in total. The molecule has 0 bridgehead atoms. The van der Waals surface area contributed by atoms with Gasteiger partial charge in [0, 0.05) is 0 Å². The number of para-hydroxylation sites is 1. The second-order valence-corrected chi connectivity index (χ2v) is 14.4. The molecule has 1 heterocycles. The van der Waals surface area contributed by atoms with E-state index in [9.17, 15) is 0 Å². The summed E-state index contributed by atoms with van der Waals surface area (Å²) in [5.74, 6) is 0. The molecule has 0 atom stereocenters. The zero-order valence-corrected chi connectivity index (χ0v) is 25.8. The van der Waals surface area contributed by atoms with Crippen molar-refractivity contribution >= 4 is 72.4 Å². The SMILES string of the molecule is CC1(C)c2ccc(N(c3ccccc3)c3ccc4[se]c5c6ccccc6ccc5c4c3)cc2-c2cc3ccccc3cc21. The monoisotopic (exact) mass is 615 g/mol. The summed E-state index contributed by atoms with van der Waals surface area (Å²) in [6.45, 7) is 4.73. The first-order valence-electron chi connectivity index (χ1n) is 14.9. The normalized spacial score (nSPS) is 13.5. The Balaban J connectivity index is 1.26. The summed E-state index contributed by atoms with van der Waals surface area (Å²) in [6.07, 6.45) is 0. The summed E-state index contributed by atoms with van der Waals surface area (Å²) in [6, 6.07) is 52.0. The molecule has 0 fully saturated rings. The molecule has 43 heavy (non-hydrogen) atoms. The fourth-order valence-electron chi connectivity index (χ4n) is 7.22. The molecule has 1 aromatic heterocycles. The van der Waals surface area contributed by atoms with Crippen LogP contribution in [-0.4, -0.2) is 14.5 Å². The Bertz CT molecular complexity index is 2380. The van der Waals surface area contributed by atoms with Gasteiger partial charge >= 0.3 is 240 Å². The molecule has 0 aliphatic heterocycles. The van der Waals surface area contributed by atoms with Gasteiger partial charge in [-0.25, -0.2) is 0 Å². The standard InChI is InChI=1S/C41H29NSe/c1-41(2)37-20-17-30(24-35(37)34-22-27-11-6-7-12-28(27)23-38(34)41)42(29-13-4-3-5-14-29)31-18-21-39-36(25-31)33-19-16-26-10-8-9-15-32(26)40(33)43-39/h3-25H,1-2H3. The van der Waals surface area contributed by atoms with Gasteiger partial charge in [-0.15, -0.1) is 0 Å². The van der Waals surface area contributed by atoms with Gasteiger partial charge in [0.05, 0.1) is 0 Å². The van der Waals surface area contributed by atoms with E-state index in [2.05, 4.69) is 158 Å². The Morgan fingerprint density at radius 2 is 1.14 bits per heavy atom. The summed E-state index contributed by atoms with van der Waals surface area (Å²) in [5.41, 5.74) is 8.99. The zero-order valence-electron chi connectivity index (χ0n) is 24.1. The van der Waals surface area contributed by atoms with Crippen LogP contribution in [0.15, 0.2) is 140 Å². The summed E-state index contributed by atoms with van der Waals surface area (Å²) in [7, 11) is 0. The third-order valence-corrected chi connectivity index (χ3v) is 12.0. The Kier molecular flexibility index (Phi) is 5.33. The third kappa shape index (κ3) is 3.70. The van der Waals surface area contributed by atoms with Gasteiger partial charge in [0.25, 0.3) is 0 Å². The predicted octanol–water partition coefficient (Wildman–Crippen LogP) is 11.1. The van der Waals surface area contributed by atoms with Crippen molar-refractivity contribution in [1.82, 2.24) is 0 Å². The summed E-state index contributed by atoms with van der Waals surface area (Å²) >= 11 is 0.299. The maximum absolute atomic E-state index is 2.43. The number of hydrogen-bond donors (Lipinski definition) is 0. The molecule has 0 saturated carbocycles. The minimum atomic E-state index is -0.0487. The molecule has 1 aliphatic carbocycles. The van der Waals surface area contributed by atoms with Crippen LogP contribution in [0, 0.1) is 0 Å². The molecule has 9 rings (SSSR count). The van der Waals surface area contributed by atoms with Crippen LogP contribution in [0.2, 0.25) is 0 Å². The molecule has 8 aromatic rings. The molecule has 1 aliphatic rings. The molecule has 0 amide bonds. The molecule has 0 spiro atoms. The minimum absolute atomic E-state index is 0.0487. The molecule has 204 valence electrons. The van der Waals surface area contributed by atoms with Crippen LogP contribution < -0.4 is 4.90 Å². The first kappa shape index (κ1) is 24.9. The Morgan fingerprint density at radius 1 is 0.465 bits per heavy atom. The van der Waals surface area contributed by atoms with Crippen LogP contribution in [0.25, 0.3) is 52.0 Å². The average molecular weight is 615 g/mol. The number of fused-ring (bicyclic) bond motifs is 9. The van der Waals surface area contributed by atoms with Crippen molar-refractivity contribution in [2.45, 2.75) is 19.3 Å². The fourth-order valence-corrected chi connectivity index (χ4v) is 9.78. The molecule has 0 unspecified atom stereocenters. The van der Waals surface area contributed by atoms with E-state index in [0.29, 0.717) is 14.5 Å². The zero-order chi connectivity index (χ0) is 28.7. The van der Waals surface area contributed by atoms with E-state index in [1.54, 1.807) is 0 Å². The average Bonchev–Trinajstić information content (AvgIpc) is 3.52. The van der Waals surface area contributed by atoms with Crippen LogP contribution in [0.1, 0.15) is 25.0 Å². The van der Waals surface area contributed by atoms with Crippen LogP contribution >= 0.6 is 0 Å². The van der Waals surface area contributed by atoms with Crippen LogP contribution in [0.5, 0.6) is 0 Å². The summed E-state index contributed by atoms with van der Waals surface area (Å²) in [5, 5.41) is 8.09. The van der Waals surface area contributed by atoms with Crippen LogP contribution in [0.3, 0.4) is 0 Å². The topological polar surface area (TPSA) is 3.24 Å². The number of nitrogens with zero attached hydrogens (tertiary/aromatic N) is 1. The molecular formula is C41H29NSe. The third-order valence-electron chi connectivity index (χ3n) is 9.40. The van der Waals surface area contributed by atoms with E-state index in [-0.39, 0.29) is 5.41 Å². The van der Waals surface area contributed by atoms with Gasteiger partial charge in [-0.05, 0) is 0 Å². The Labute approximate surface area is 257 Å². The van der Waals surface area contributed by atoms with E-state index >= 15 is 0 Å². The van der Waals surface area contributed by atoms with Crippen molar-refractivity contribution in [3.63, 3.8) is 0 Å². The van der Waals surface area contributed by atoms with Gasteiger partial charge in [0.1, 0.15) is 0 Å². The first-order valence-corrected chi connectivity index (χ1v) is 16.6. The van der Waals surface area contributed by atoms with E-state index in [1.807, 2.05) is 0 Å². The molecule has 2 heteroatoms. The van der Waals surface area contributed by atoms with Gasteiger partial charge in [-0.2, -0.15) is 0 Å². The molecule has 7 aromatic carbocycles. The van der Waals surface area contributed by atoms with E-state index in [4.69, 9.17) is 0 Å². The number of rotatable bonds is 3. The van der Waals surface area contributed by atoms with Crippen molar-refractivity contribution in [3.8, 4) is 11.1 Å². The van der Waals surface area contributed by atoms with E-state index in [1.165, 1.54) is 80.2 Å². The molecular weight excluding hydrogens is 585 g/mol. The van der Waals surface area contributed by atoms with Gasteiger partial charge < -0.3 is 0 Å². The number of benzene rings is 7. The van der Waals surface area contributed by atoms with Crippen LogP contribution in [0.4, 0.5) is 17.1 Å². The van der Waals surface area contributed by atoms with E-state index in [0.717, 1.165) is 0 Å². The second kappa shape index (κ2) is 9.19. The van der Waals surface area contributed by atoms with Gasteiger partial charge in [-0.1, -0.05) is 18.2 Å². The summed E-state index contributed by atoms with van der Waals surface area (Å²) in [4.78, 5) is 2.43. The van der Waals surface area contributed by atoms with Gasteiger partial charge in [0.2, 0.25) is 0 Å². The van der Waals surface area contributed by atoms with Crippen LogP contribution in [-0.2, 0) is 5.41 Å². The van der Waals surface area contributed by atoms with Gasteiger partial charge in [0.15, 0.2) is 0 Å². The second-order valence-electron chi connectivity index (χ2n) is 12.2. The number of hydrogen-bond acceptors (Lipinski definition) is 1. The van der Waals surface area contributed by atoms with Crippen molar-refractivity contribution in [1.29, 1.82) is 0 Å². The quantitative estimate of drug-likeness (QED) is 0.179. The maximum atomic E-state index is 2.43. The predicted molar refractivity (Wildman–Crippen MR) is 186 cm³/mol.